The summed E-state index contributed by atoms with van der Waals surface area (Å²) in [6.07, 6.45) is 1.36. The highest BCUT2D eigenvalue weighted by atomic mass is 35.5. The fraction of sp³-hybridized carbons (Fsp3) is 0.278. The highest BCUT2D eigenvalue weighted by Crippen LogP contribution is 2.23. The molecule has 3 rings (SSSR count). The van der Waals surface area contributed by atoms with Gasteiger partial charge in [0, 0.05) is 0 Å². The molecule has 2 heterocycles. The van der Waals surface area contributed by atoms with Crippen LogP contribution in [0.2, 0.25) is 5.02 Å². The number of para-hydroxylation sites is 1. The summed E-state index contributed by atoms with van der Waals surface area (Å²) < 4.78 is 17.4. The van der Waals surface area contributed by atoms with Crippen LogP contribution in [0.25, 0.3) is 11.1 Å². The fourth-order valence-electron chi connectivity index (χ4n) is 2.56. The Morgan fingerprint density at radius 2 is 2.12 bits per heavy atom. The number of aryl methyl sites for hydroxylation is 1. The fourth-order valence-corrected chi connectivity index (χ4v) is 2.75. The van der Waals surface area contributed by atoms with Crippen LogP contribution in [0.4, 0.5) is 0 Å². The number of halogens is 1. The van der Waals surface area contributed by atoms with Crippen LogP contribution in [0.1, 0.15) is 23.0 Å². The standard InChI is InChI=1S/C18H17ClN2O5/c1-3-24-18(23)14-11(2)26-16-15(14)17(22)21(10-20-16)8-9-25-13-7-5-4-6-12(13)19/h4-7,10H,3,8-9H2,1-2H3. The zero-order valence-corrected chi connectivity index (χ0v) is 15.1. The number of fused-ring (bicyclic) bond motifs is 1. The molecular weight excluding hydrogens is 360 g/mol. The van der Waals surface area contributed by atoms with E-state index >= 15 is 0 Å². The molecular formula is C18H17ClN2O5. The summed E-state index contributed by atoms with van der Waals surface area (Å²) in [5.74, 6) is 0.225. The van der Waals surface area contributed by atoms with E-state index in [0.717, 1.165) is 0 Å². The maximum Gasteiger partial charge on any atom is 0.342 e. The third kappa shape index (κ3) is 3.43. The smallest absolute Gasteiger partial charge is 0.342 e. The van der Waals surface area contributed by atoms with Gasteiger partial charge in [0.25, 0.3) is 5.56 Å². The minimum Gasteiger partial charge on any atom is -0.490 e. The molecule has 0 saturated carbocycles. The summed E-state index contributed by atoms with van der Waals surface area (Å²) >= 11 is 6.03. The van der Waals surface area contributed by atoms with Gasteiger partial charge in [-0.25, -0.2) is 9.78 Å². The van der Waals surface area contributed by atoms with Gasteiger partial charge in [0.15, 0.2) is 0 Å². The number of furan rings is 1. The second-order valence-corrected chi connectivity index (χ2v) is 5.86. The Morgan fingerprint density at radius 1 is 1.35 bits per heavy atom. The van der Waals surface area contributed by atoms with Crippen molar-refractivity contribution >= 4 is 28.7 Å². The number of ether oxygens (including phenoxy) is 2. The van der Waals surface area contributed by atoms with Crippen molar-refractivity contribution in [3.05, 3.63) is 57.3 Å². The number of aromatic nitrogens is 2. The van der Waals surface area contributed by atoms with Crippen molar-refractivity contribution in [1.29, 1.82) is 0 Å². The first-order chi connectivity index (χ1) is 12.5. The van der Waals surface area contributed by atoms with Gasteiger partial charge >= 0.3 is 5.97 Å². The van der Waals surface area contributed by atoms with Gasteiger partial charge in [-0.1, -0.05) is 23.7 Å². The van der Waals surface area contributed by atoms with E-state index in [9.17, 15) is 9.59 Å². The first-order valence-corrected chi connectivity index (χ1v) is 8.43. The highest BCUT2D eigenvalue weighted by Gasteiger charge is 2.23. The Labute approximate surface area is 154 Å². The number of esters is 1. The van der Waals surface area contributed by atoms with Crippen LogP contribution >= 0.6 is 11.6 Å². The van der Waals surface area contributed by atoms with Gasteiger partial charge < -0.3 is 13.9 Å². The zero-order valence-electron chi connectivity index (χ0n) is 14.3. The van der Waals surface area contributed by atoms with Crippen molar-refractivity contribution in [3.8, 4) is 5.75 Å². The minimum atomic E-state index is -0.604. The van der Waals surface area contributed by atoms with E-state index < -0.39 is 11.5 Å². The predicted octanol–water partition coefficient (Wildman–Crippen LogP) is 3.21. The van der Waals surface area contributed by atoms with Crippen LogP contribution in [0.5, 0.6) is 5.75 Å². The summed E-state index contributed by atoms with van der Waals surface area (Å²) in [5, 5.41) is 0.602. The lowest BCUT2D eigenvalue weighted by Gasteiger charge is -2.09. The van der Waals surface area contributed by atoms with Crippen molar-refractivity contribution in [3.63, 3.8) is 0 Å². The van der Waals surface area contributed by atoms with E-state index in [1.165, 1.54) is 10.9 Å². The predicted molar refractivity (Wildman–Crippen MR) is 95.9 cm³/mol. The van der Waals surface area contributed by atoms with Crippen LogP contribution in [-0.2, 0) is 11.3 Å². The van der Waals surface area contributed by atoms with E-state index in [4.69, 9.17) is 25.5 Å². The minimum absolute atomic E-state index is 0.110. The Bertz CT molecular complexity index is 1010. The van der Waals surface area contributed by atoms with Gasteiger partial charge in [0.1, 0.15) is 35.4 Å². The third-order valence-corrected chi connectivity index (χ3v) is 4.07. The lowest BCUT2D eigenvalue weighted by molar-refractivity contribution is 0.0526. The number of rotatable bonds is 6. The maximum atomic E-state index is 12.8. The lowest BCUT2D eigenvalue weighted by atomic mass is 10.2. The topological polar surface area (TPSA) is 83.6 Å². The first kappa shape index (κ1) is 18.0. The van der Waals surface area contributed by atoms with Crippen LogP contribution in [0.3, 0.4) is 0 Å². The number of benzene rings is 1. The highest BCUT2D eigenvalue weighted by molar-refractivity contribution is 6.32. The number of hydrogen-bond acceptors (Lipinski definition) is 6. The molecule has 136 valence electrons. The van der Waals surface area contributed by atoms with Crippen molar-refractivity contribution in [2.24, 2.45) is 0 Å². The molecule has 0 saturated heterocycles. The summed E-state index contributed by atoms with van der Waals surface area (Å²) in [4.78, 5) is 29.0. The Kier molecular flexibility index (Phi) is 5.27. The van der Waals surface area contributed by atoms with Crippen molar-refractivity contribution in [2.75, 3.05) is 13.2 Å². The normalized spacial score (nSPS) is 10.9. The molecule has 0 aliphatic heterocycles. The lowest BCUT2D eigenvalue weighted by Crippen LogP contribution is -2.24. The van der Waals surface area contributed by atoms with Crippen molar-refractivity contribution in [2.45, 2.75) is 20.4 Å². The molecule has 0 amide bonds. The summed E-state index contributed by atoms with van der Waals surface area (Å²) in [6.45, 7) is 3.93. The molecule has 0 fully saturated rings. The number of nitrogens with zero attached hydrogens (tertiary/aromatic N) is 2. The molecule has 0 radical (unpaired) electrons. The third-order valence-electron chi connectivity index (χ3n) is 3.76. The monoisotopic (exact) mass is 376 g/mol. The summed E-state index contributed by atoms with van der Waals surface area (Å²) in [6, 6.07) is 7.07. The Hall–Kier alpha value is -2.80. The van der Waals surface area contributed by atoms with Gasteiger partial charge in [-0.05, 0) is 26.0 Å². The quantitative estimate of drug-likeness (QED) is 0.614. The second kappa shape index (κ2) is 7.61. The largest absolute Gasteiger partial charge is 0.490 e. The van der Waals surface area contributed by atoms with Crippen molar-refractivity contribution in [1.82, 2.24) is 9.55 Å². The molecule has 2 aromatic heterocycles. The van der Waals surface area contributed by atoms with E-state index in [1.807, 2.05) is 0 Å². The molecule has 1 aromatic carbocycles. The van der Waals surface area contributed by atoms with Gasteiger partial charge in [-0.3, -0.25) is 9.36 Å². The maximum absolute atomic E-state index is 12.8. The first-order valence-electron chi connectivity index (χ1n) is 8.06. The van der Waals surface area contributed by atoms with Crippen LogP contribution < -0.4 is 10.3 Å². The van der Waals surface area contributed by atoms with Crippen LogP contribution in [0, 0.1) is 6.92 Å². The average molecular weight is 377 g/mol. The van der Waals surface area contributed by atoms with Gasteiger partial charge in [0.05, 0.1) is 18.2 Å². The van der Waals surface area contributed by atoms with Gasteiger partial charge in [0.2, 0.25) is 5.71 Å². The number of carbonyl (C=O) groups is 1. The summed E-state index contributed by atoms with van der Waals surface area (Å²) in [5.41, 5.74) is -0.169. The Balaban J connectivity index is 1.87. The van der Waals surface area contributed by atoms with Gasteiger partial charge in [-0.2, -0.15) is 0 Å². The average Bonchev–Trinajstić information content (AvgIpc) is 2.95. The Morgan fingerprint density at radius 3 is 2.85 bits per heavy atom. The van der Waals surface area contributed by atoms with E-state index in [1.54, 1.807) is 38.1 Å². The van der Waals surface area contributed by atoms with E-state index in [-0.39, 0.29) is 36.4 Å². The summed E-state index contributed by atoms with van der Waals surface area (Å²) in [7, 11) is 0. The molecule has 0 spiro atoms. The van der Waals surface area contributed by atoms with Crippen LogP contribution in [0.15, 0.2) is 39.8 Å². The van der Waals surface area contributed by atoms with Gasteiger partial charge in [-0.15, -0.1) is 0 Å². The molecule has 0 unspecified atom stereocenters. The second-order valence-electron chi connectivity index (χ2n) is 5.46. The molecule has 8 heteroatoms. The van der Waals surface area contributed by atoms with E-state index in [0.29, 0.717) is 16.5 Å². The number of hydrogen-bond donors (Lipinski definition) is 0. The molecule has 0 bridgehead atoms. The molecule has 0 aliphatic carbocycles. The zero-order chi connectivity index (χ0) is 18.7. The molecule has 26 heavy (non-hydrogen) atoms. The molecule has 0 aliphatic rings. The van der Waals surface area contributed by atoms with Crippen molar-refractivity contribution < 1.29 is 18.7 Å². The molecule has 0 N–H and O–H groups in total. The van der Waals surface area contributed by atoms with E-state index in [2.05, 4.69) is 4.98 Å². The van der Waals surface area contributed by atoms with Crippen LogP contribution in [-0.4, -0.2) is 28.7 Å². The SMILES string of the molecule is CCOC(=O)c1c(C)oc2ncn(CCOc3ccccc3Cl)c(=O)c12. The molecule has 3 aromatic rings. The number of carbonyl (C=O) groups excluding carboxylic acids is 1. The molecule has 7 nitrogen and oxygen atoms in total. The molecule has 0 atom stereocenters.